The van der Waals surface area contributed by atoms with Crippen molar-refractivity contribution >= 4 is 22.6 Å². The van der Waals surface area contributed by atoms with Gasteiger partial charge in [-0.05, 0) is 75.4 Å². The molecule has 224 valence electrons. The molecular formula is C32H35F2N7O2. The monoisotopic (exact) mass is 587 g/mol. The van der Waals surface area contributed by atoms with Crippen molar-refractivity contribution < 1.29 is 18.3 Å². The lowest BCUT2D eigenvalue weighted by Gasteiger charge is -2.41. The summed E-state index contributed by atoms with van der Waals surface area (Å²) in [5.41, 5.74) is 4.02. The number of anilines is 1. The fourth-order valence-corrected chi connectivity index (χ4v) is 6.63. The summed E-state index contributed by atoms with van der Waals surface area (Å²) < 4.78 is 35.9. The van der Waals surface area contributed by atoms with E-state index in [0.29, 0.717) is 35.4 Å². The Kier molecular flexibility index (Phi) is 8.21. The fourth-order valence-electron chi connectivity index (χ4n) is 6.63. The number of carbonyl (C=O) groups excluding carboxylic acids is 1. The molecule has 1 aliphatic carbocycles. The van der Waals surface area contributed by atoms with Crippen LogP contribution in [0.4, 0.5) is 14.6 Å². The predicted molar refractivity (Wildman–Crippen MR) is 159 cm³/mol. The van der Waals surface area contributed by atoms with E-state index >= 15 is 4.39 Å². The van der Waals surface area contributed by atoms with Crippen LogP contribution in [0.5, 0.6) is 6.01 Å². The number of nitrogens with zero attached hydrogens (tertiary/aromatic N) is 7. The lowest BCUT2D eigenvalue weighted by Crippen LogP contribution is -2.55. The first-order valence-electron chi connectivity index (χ1n) is 14.9. The van der Waals surface area contributed by atoms with Crippen LogP contribution in [-0.2, 0) is 17.6 Å². The van der Waals surface area contributed by atoms with Crippen LogP contribution in [0.3, 0.4) is 0 Å². The molecule has 0 bridgehead atoms. The van der Waals surface area contributed by atoms with Crippen molar-refractivity contribution in [3.8, 4) is 23.2 Å². The third-order valence-corrected chi connectivity index (χ3v) is 8.98. The van der Waals surface area contributed by atoms with E-state index in [0.717, 1.165) is 61.8 Å². The molecule has 3 aromatic rings. The summed E-state index contributed by atoms with van der Waals surface area (Å²) in [5, 5.41) is 9.95. The van der Waals surface area contributed by atoms with Crippen LogP contribution >= 0.6 is 0 Å². The number of aromatic nitrogens is 3. The van der Waals surface area contributed by atoms with Gasteiger partial charge in [0, 0.05) is 54.6 Å². The van der Waals surface area contributed by atoms with Gasteiger partial charge in [-0.15, -0.1) is 0 Å². The highest BCUT2D eigenvalue weighted by atomic mass is 19.1. The van der Waals surface area contributed by atoms with Crippen LogP contribution in [-0.4, -0.2) is 82.6 Å². The van der Waals surface area contributed by atoms with Gasteiger partial charge in [0.15, 0.2) is 5.83 Å². The number of halogens is 2. The number of rotatable bonds is 7. The molecule has 11 heteroatoms. The molecule has 0 N–H and O–H groups in total. The minimum atomic E-state index is -1.07. The van der Waals surface area contributed by atoms with Gasteiger partial charge in [-0.2, -0.15) is 15.2 Å². The zero-order valence-electron chi connectivity index (χ0n) is 24.4. The molecule has 0 radical (unpaired) electrons. The minimum absolute atomic E-state index is 0.000530. The largest absolute Gasteiger partial charge is 0.462 e. The van der Waals surface area contributed by atoms with Gasteiger partial charge in [0.05, 0.1) is 24.0 Å². The summed E-state index contributed by atoms with van der Waals surface area (Å²) in [6.07, 6.45) is 9.67. The third kappa shape index (κ3) is 5.76. The molecule has 2 atom stereocenters. The van der Waals surface area contributed by atoms with Crippen molar-refractivity contribution in [2.24, 2.45) is 0 Å². The smallest absolute Gasteiger partial charge is 0.319 e. The van der Waals surface area contributed by atoms with Crippen LogP contribution in [0.2, 0.25) is 0 Å². The number of likely N-dealkylation sites (tertiary alicyclic amines) is 1. The number of fused-ring (bicyclic) bond motifs is 2. The maximum absolute atomic E-state index is 16.0. The number of likely N-dealkylation sites (N-methyl/N-ethyl adjacent to an activating group) is 1. The second-order valence-electron chi connectivity index (χ2n) is 11.7. The van der Waals surface area contributed by atoms with Crippen molar-refractivity contribution in [2.45, 2.75) is 57.0 Å². The van der Waals surface area contributed by atoms with E-state index in [1.807, 2.05) is 11.1 Å². The van der Waals surface area contributed by atoms with E-state index in [-0.39, 0.29) is 31.6 Å². The molecular weight excluding hydrogens is 552 g/mol. The number of piperazine rings is 1. The molecule has 1 aromatic carbocycles. The van der Waals surface area contributed by atoms with Gasteiger partial charge < -0.3 is 19.4 Å². The second kappa shape index (κ2) is 12.2. The van der Waals surface area contributed by atoms with E-state index in [1.165, 1.54) is 11.0 Å². The number of hydrogen-bond donors (Lipinski definition) is 0. The Bertz CT molecular complexity index is 1610. The van der Waals surface area contributed by atoms with Crippen LogP contribution in [0, 0.1) is 17.1 Å². The maximum Gasteiger partial charge on any atom is 0.319 e. The number of nitriles is 1. The number of amides is 1. The van der Waals surface area contributed by atoms with Crippen molar-refractivity contribution in [3.63, 3.8) is 0 Å². The molecule has 43 heavy (non-hydrogen) atoms. The molecule has 1 amide bonds. The van der Waals surface area contributed by atoms with E-state index in [2.05, 4.69) is 29.6 Å². The fraction of sp³-hybridized carbons (Fsp3) is 0.469. The van der Waals surface area contributed by atoms with Crippen LogP contribution < -0.4 is 9.64 Å². The average molecular weight is 588 g/mol. The number of pyridine rings is 1. The predicted octanol–water partition coefficient (Wildman–Crippen LogP) is 4.60. The molecule has 0 saturated carbocycles. The third-order valence-electron chi connectivity index (χ3n) is 8.98. The lowest BCUT2D eigenvalue weighted by atomic mass is 9.87. The summed E-state index contributed by atoms with van der Waals surface area (Å²) in [6, 6.07) is 5.13. The standard InChI is InChI=1S/C32H35F2N7O2/c1-20(33)31(42)41-13-12-40(18-22(41)9-10-35)30-26-14-28(34)25(27-17-36-16-21-6-3-4-8-24(21)27)15-29(26)37-32(38-30)43-19-23-7-5-11-39(23)2/h14-17,22-23H,1,3-9,11-13,18-19H2,2H3. The molecule has 2 aromatic heterocycles. The van der Waals surface area contributed by atoms with E-state index in [1.54, 1.807) is 12.3 Å². The van der Waals surface area contributed by atoms with Gasteiger partial charge in [-0.25, -0.2) is 8.78 Å². The Balaban J connectivity index is 1.41. The van der Waals surface area contributed by atoms with E-state index in [4.69, 9.17) is 14.7 Å². The average Bonchev–Trinajstić information content (AvgIpc) is 3.43. The zero-order valence-corrected chi connectivity index (χ0v) is 24.4. The molecule has 9 nitrogen and oxygen atoms in total. The molecule has 2 unspecified atom stereocenters. The van der Waals surface area contributed by atoms with E-state index < -0.39 is 23.6 Å². The van der Waals surface area contributed by atoms with Crippen molar-refractivity contribution in [1.29, 1.82) is 5.26 Å². The summed E-state index contributed by atoms with van der Waals surface area (Å²) in [5.74, 6) is -1.85. The Morgan fingerprint density at radius 3 is 2.72 bits per heavy atom. The first-order chi connectivity index (χ1) is 20.8. The second-order valence-corrected chi connectivity index (χ2v) is 11.7. The molecule has 2 fully saturated rings. The van der Waals surface area contributed by atoms with Gasteiger partial charge in [0.1, 0.15) is 18.2 Å². The molecule has 3 aliphatic rings. The lowest BCUT2D eigenvalue weighted by molar-refractivity contribution is -0.131. The van der Waals surface area contributed by atoms with E-state index in [9.17, 15) is 14.4 Å². The maximum atomic E-state index is 16.0. The summed E-state index contributed by atoms with van der Waals surface area (Å²) in [6.45, 7) is 5.24. The summed E-state index contributed by atoms with van der Waals surface area (Å²) >= 11 is 0. The first-order valence-corrected chi connectivity index (χ1v) is 14.9. The number of benzene rings is 1. The number of carbonyl (C=O) groups is 1. The van der Waals surface area contributed by atoms with Crippen molar-refractivity contribution in [3.05, 3.63) is 53.9 Å². The normalized spacial score (nSPS) is 20.6. The number of hydrogen-bond acceptors (Lipinski definition) is 8. The molecule has 0 spiro atoms. The van der Waals surface area contributed by atoms with Crippen LogP contribution in [0.1, 0.15) is 43.2 Å². The first kappa shape index (κ1) is 28.9. The highest BCUT2D eigenvalue weighted by molar-refractivity contribution is 5.94. The summed E-state index contributed by atoms with van der Waals surface area (Å²) in [7, 11) is 2.07. The molecule has 2 aliphatic heterocycles. The molecule has 6 rings (SSSR count). The number of ether oxygens (including phenoxy) is 1. The quantitative estimate of drug-likeness (QED) is 0.370. The zero-order chi connectivity index (χ0) is 30.1. The van der Waals surface area contributed by atoms with Gasteiger partial charge in [-0.1, -0.05) is 6.58 Å². The Morgan fingerprint density at radius 1 is 1.12 bits per heavy atom. The van der Waals surface area contributed by atoms with Crippen LogP contribution in [0.25, 0.3) is 22.0 Å². The van der Waals surface area contributed by atoms with Crippen molar-refractivity contribution in [2.75, 3.05) is 44.7 Å². The summed E-state index contributed by atoms with van der Waals surface area (Å²) in [4.78, 5) is 31.8. The number of aryl methyl sites for hydroxylation is 1. The van der Waals surface area contributed by atoms with Gasteiger partial charge >= 0.3 is 6.01 Å². The Morgan fingerprint density at radius 2 is 1.95 bits per heavy atom. The molecule has 2 saturated heterocycles. The van der Waals surface area contributed by atoms with Crippen molar-refractivity contribution in [1.82, 2.24) is 24.8 Å². The topological polar surface area (TPSA) is 98.5 Å². The van der Waals surface area contributed by atoms with Gasteiger partial charge in [-0.3, -0.25) is 9.78 Å². The Labute approximate surface area is 249 Å². The van der Waals surface area contributed by atoms with Gasteiger partial charge in [0.2, 0.25) is 0 Å². The highest BCUT2D eigenvalue weighted by Gasteiger charge is 2.33. The minimum Gasteiger partial charge on any atom is -0.462 e. The highest BCUT2D eigenvalue weighted by Crippen LogP contribution is 2.37. The molecule has 4 heterocycles. The van der Waals surface area contributed by atoms with Crippen LogP contribution in [0.15, 0.2) is 36.9 Å². The SMILES string of the molecule is C=C(F)C(=O)N1CCN(c2nc(OCC3CCCN3C)nc3cc(-c4cncc5c4CCCC5)c(F)cc23)CC1CC#N. The Hall–Kier alpha value is -4.17. The van der Waals surface area contributed by atoms with Gasteiger partial charge in [0.25, 0.3) is 5.91 Å².